The highest BCUT2D eigenvalue weighted by Crippen LogP contribution is 2.37. The van der Waals surface area contributed by atoms with E-state index < -0.39 is 33.1 Å². The Labute approximate surface area is 217 Å². The third-order valence-corrected chi connectivity index (χ3v) is 5.39. The molecule has 12 nitrogen and oxygen atoms in total. The highest BCUT2D eigenvalue weighted by molar-refractivity contribution is 9.10. The van der Waals surface area contributed by atoms with Crippen molar-refractivity contribution in [3.8, 4) is 17.6 Å². The van der Waals surface area contributed by atoms with E-state index in [0.717, 1.165) is 18.2 Å². The first-order valence-electron chi connectivity index (χ1n) is 10.1. The average Bonchev–Trinajstić information content (AvgIpc) is 2.88. The zero-order chi connectivity index (χ0) is 27.1. The quantitative estimate of drug-likeness (QED) is 0.123. The van der Waals surface area contributed by atoms with Crippen molar-refractivity contribution in [1.29, 1.82) is 5.26 Å². The summed E-state index contributed by atoms with van der Waals surface area (Å²) >= 11 is 3.28. The van der Waals surface area contributed by atoms with Gasteiger partial charge in [0.25, 0.3) is 11.6 Å². The van der Waals surface area contributed by atoms with E-state index in [-0.39, 0.29) is 17.1 Å². The summed E-state index contributed by atoms with van der Waals surface area (Å²) in [6, 6.07) is 15.2. The van der Waals surface area contributed by atoms with Gasteiger partial charge in [-0.05, 0) is 70.0 Å². The monoisotopic (exact) mass is 566 g/mol. The number of amides is 1. The molecule has 0 aliphatic heterocycles. The van der Waals surface area contributed by atoms with Gasteiger partial charge in [0.2, 0.25) is 5.75 Å². The second kappa shape index (κ2) is 11.6. The second-order valence-corrected chi connectivity index (χ2v) is 8.01. The topological polar surface area (TPSA) is 175 Å². The van der Waals surface area contributed by atoms with Gasteiger partial charge in [-0.15, -0.1) is 0 Å². The van der Waals surface area contributed by atoms with Crippen molar-refractivity contribution in [3.05, 3.63) is 102 Å². The van der Waals surface area contributed by atoms with Crippen LogP contribution in [0.5, 0.6) is 11.5 Å². The fraction of sp³-hybridized carbons (Fsp3) is 0.0417. The van der Waals surface area contributed by atoms with Gasteiger partial charge in [0, 0.05) is 11.8 Å². The Balaban J connectivity index is 1.79. The van der Waals surface area contributed by atoms with Crippen LogP contribution >= 0.6 is 15.9 Å². The number of carbonyl (C=O) groups is 2. The van der Waals surface area contributed by atoms with E-state index in [2.05, 4.69) is 26.0 Å². The molecule has 0 unspecified atom stereocenters. The molecule has 0 atom stereocenters. The van der Waals surface area contributed by atoms with Crippen molar-refractivity contribution in [1.82, 2.24) is 0 Å². The van der Waals surface area contributed by atoms with Crippen LogP contribution in [0.2, 0.25) is 0 Å². The highest BCUT2D eigenvalue weighted by Gasteiger charge is 2.22. The summed E-state index contributed by atoms with van der Waals surface area (Å²) in [5.74, 6) is -1.28. The zero-order valence-corrected chi connectivity index (χ0v) is 20.4. The number of non-ortho nitro benzene ring substituents is 1. The molecule has 0 bridgehead atoms. The summed E-state index contributed by atoms with van der Waals surface area (Å²) < 4.78 is 10.5. The predicted molar refractivity (Wildman–Crippen MR) is 134 cm³/mol. The van der Waals surface area contributed by atoms with Crippen LogP contribution in [0.3, 0.4) is 0 Å². The molecule has 3 aromatic carbocycles. The van der Waals surface area contributed by atoms with Gasteiger partial charge >= 0.3 is 11.7 Å². The smallest absolute Gasteiger partial charge is 0.337 e. The molecule has 1 N–H and O–H groups in total. The molecule has 3 aromatic rings. The molecule has 0 aliphatic rings. The number of methoxy groups -OCH3 is 1. The third kappa shape index (κ3) is 6.53. The van der Waals surface area contributed by atoms with Crippen LogP contribution < -0.4 is 10.1 Å². The first-order chi connectivity index (χ1) is 17.6. The summed E-state index contributed by atoms with van der Waals surface area (Å²) in [6.07, 6.45) is 1.32. The maximum absolute atomic E-state index is 12.6. The molecule has 0 fully saturated rings. The summed E-state index contributed by atoms with van der Waals surface area (Å²) in [4.78, 5) is 44.8. The Bertz CT molecular complexity index is 1480. The second-order valence-electron chi connectivity index (χ2n) is 7.15. The first kappa shape index (κ1) is 26.5. The van der Waals surface area contributed by atoms with Gasteiger partial charge < -0.3 is 14.8 Å². The van der Waals surface area contributed by atoms with Gasteiger partial charge in [-0.2, -0.15) is 5.26 Å². The SMILES string of the molecule is COC(=O)c1ccc(NC(=O)/C(C#N)=C/c2ccc(Oc3ccc([N+](=O)[O-])cc3[N+](=O)[O-])c(Br)c2)cc1. The molecule has 0 radical (unpaired) electrons. The van der Waals surface area contributed by atoms with E-state index >= 15 is 0 Å². The molecule has 186 valence electrons. The zero-order valence-electron chi connectivity index (χ0n) is 18.8. The molecular formula is C24H15BrN4O8. The largest absolute Gasteiger partial charge is 0.465 e. The van der Waals surface area contributed by atoms with E-state index in [1.165, 1.54) is 55.7 Å². The van der Waals surface area contributed by atoms with Crippen molar-refractivity contribution in [2.24, 2.45) is 0 Å². The minimum Gasteiger partial charge on any atom is -0.465 e. The van der Waals surface area contributed by atoms with E-state index in [9.17, 15) is 35.1 Å². The molecule has 0 saturated carbocycles. The number of nitrogens with zero attached hydrogens (tertiary/aromatic N) is 3. The van der Waals surface area contributed by atoms with Crippen LogP contribution in [0.4, 0.5) is 17.1 Å². The fourth-order valence-electron chi connectivity index (χ4n) is 2.98. The molecular weight excluding hydrogens is 552 g/mol. The lowest BCUT2D eigenvalue weighted by Crippen LogP contribution is -2.13. The standard InChI is InChI=1S/C24H15BrN4O8/c1-36-24(31)15-3-5-17(6-4-15)27-23(30)16(13-26)10-14-2-8-21(19(25)11-14)37-22-9-7-18(28(32)33)12-20(22)29(34)35/h2-12H,1H3,(H,27,30)/b16-10+. The van der Waals surface area contributed by atoms with Crippen LogP contribution in [0.1, 0.15) is 15.9 Å². The lowest BCUT2D eigenvalue weighted by atomic mass is 10.1. The minimum absolute atomic E-state index is 0.155. The summed E-state index contributed by atoms with van der Waals surface area (Å²) in [6.45, 7) is 0. The number of anilines is 1. The van der Waals surface area contributed by atoms with Crippen LogP contribution in [-0.2, 0) is 9.53 Å². The lowest BCUT2D eigenvalue weighted by molar-refractivity contribution is -0.394. The number of hydrogen-bond acceptors (Lipinski definition) is 9. The molecule has 13 heteroatoms. The lowest BCUT2D eigenvalue weighted by Gasteiger charge is -2.09. The number of carbonyl (C=O) groups excluding carboxylic acids is 2. The summed E-state index contributed by atoms with van der Waals surface area (Å²) in [5, 5.41) is 34.3. The molecule has 1 amide bonds. The maximum atomic E-state index is 12.6. The van der Waals surface area contributed by atoms with Gasteiger partial charge in [-0.25, -0.2) is 4.79 Å². The van der Waals surface area contributed by atoms with Crippen molar-refractivity contribution in [2.45, 2.75) is 0 Å². The van der Waals surface area contributed by atoms with Gasteiger partial charge in [-0.3, -0.25) is 25.0 Å². The number of benzene rings is 3. The van der Waals surface area contributed by atoms with Gasteiger partial charge in [0.05, 0.1) is 33.1 Å². The van der Waals surface area contributed by atoms with E-state index in [1.54, 1.807) is 0 Å². The van der Waals surface area contributed by atoms with Crippen molar-refractivity contribution in [2.75, 3.05) is 12.4 Å². The van der Waals surface area contributed by atoms with Crippen LogP contribution in [-0.4, -0.2) is 28.8 Å². The Morgan fingerprint density at radius 1 is 1.00 bits per heavy atom. The summed E-state index contributed by atoms with van der Waals surface area (Å²) in [5.41, 5.74) is -0.182. The third-order valence-electron chi connectivity index (χ3n) is 4.77. The van der Waals surface area contributed by atoms with Crippen molar-refractivity contribution < 1.29 is 28.9 Å². The Morgan fingerprint density at radius 2 is 1.68 bits per heavy atom. The normalized spacial score (nSPS) is 10.7. The van der Waals surface area contributed by atoms with Crippen LogP contribution in [0, 0.1) is 31.6 Å². The number of nitrogens with one attached hydrogen (secondary N) is 1. The predicted octanol–water partition coefficient (Wildman–Crippen LogP) is 5.39. The van der Waals surface area contributed by atoms with Gasteiger partial charge in [-0.1, -0.05) is 6.07 Å². The molecule has 3 rings (SSSR count). The number of esters is 1. The first-order valence-corrected chi connectivity index (χ1v) is 10.9. The number of nitro benzene ring substituents is 2. The number of nitriles is 1. The Kier molecular flexibility index (Phi) is 8.28. The van der Waals surface area contributed by atoms with E-state index in [1.807, 2.05) is 6.07 Å². The van der Waals surface area contributed by atoms with E-state index in [0.29, 0.717) is 21.3 Å². The Morgan fingerprint density at radius 3 is 2.24 bits per heavy atom. The van der Waals surface area contributed by atoms with Gasteiger partial charge in [0.1, 0.15) is 17.4 Å². The molecule has 0 aromatic heterocycles. The molecule has 37 heavy (non-hydrogen) atoms. The molecule has 0 aliphatic carbocycles. The number of nitro groups is 2. The average molecular weight is 567 g/mol. The minimum atomic E-state index is -0.797. The summed E-state index contributed by atoms with van der Waals surface area (Å²) in [7, 11) is 1.25. The number of hydrogen-bond donors (Lipinski definition) is 1. The van der Waals surface area contributed by atoms with Crippen LogP contribution in [0.15, 0.2) is 70.7 Å². The van der Waals surface area contributed by atoms with Gasteiger partial charge in [0.15, 0.2) is 0 Å². The molecule has 0 heterocycles. The Hall–Kier alpha value is -5.09. The molecule has 0 spiro atoms. The highest BCUT2D eigenvalue weighted by atomic mass is 79.9. The molecule has 0 saturated heterocycles. The number of rotatable bonds is 8. The van der Waals surface area contributed by atoms with E-state index in [4.69, 9.17) is 4.74 Å². The maximum Gasteiger partial charge on any atom is 0.337 e. The number of ether oxygens (including phenoxy) is 2. The fourth-order valence-corrected chi connectivity index (χ4v) is 3.46. The van der Waals surface area contributed by atoms with Crippen LogP contribution in [0.25, 0.3) is 6.08 Å². The van der Waals surface area contributed by atoms with Crippen molar-refractivity contribution in [3.63, 3.8) is 0 Å². The van der Waals surface area contributed by atoms with Crippen molar-refractivity contribution >= 4 is 50.9 Å². The number of halogens is 1.